The summed E-state index contributed by atoms with van der Waals surface area (Å²) < 4.78 is 4.93. The molecule has 1 atom stereocenters. The van der Waals surface area contributed by atoms with Crippen LogP contribution in [0.15, 0.2) is 30.3 Å². The predicted octanol–water partition coefficient (Wildman–Crippen LogP) is 1.00. The van der Waals surface area contributed by atoms with E-state index in [4.69, 9.17) is 16.5 Å². The number of hydrogen-bond donors (Lipinski definition) is 3. The first kappa shape index (κ1) is 16.6. The van der Waals surface area contributed by atoms with Crippen LogP contribution >= 0.6 is 6.26 Å². The smallest absolute Gasteiger partial charge is 0.407 e. The van der Waals surface area contributed by atoms with Crippen LogP contribution in [0.5, 0.6) is 0 Å². The van der Waals surface area contributed by atoms with Gasteiger partial charge in [-0.25, -0.2) is 4.79 Å². The molecule has 110 valence electrons. The van der Waals surface area contributed by atoms with Gasteiger partial charge in [0.1, 0.15) is 13.2 Å². The van der Waals surface area contributed by atoms with Crippen LogP contribution in [-0.2, 0) is 27.9 Å². The van der Waals surface area contributed by atoms with E-state index in [2.05, 4.69) is 10.6 Å². The molecule has 0 saturated carbocycles. The van der Waals surface area contributed by atoms with Crippen molar-refractivity contribution >= 4 is 30.1 Å². The second-order valence-corrected chi connectivity index (χ2v) is 9.00. The Hall–Kier alpha value is -1.43. The zero-order valence-electron chi connectivity index (χ0n) is 11.0. The van der Waals surface area contributed by atoms with E-state index in [-0.39, 0.29) is 19.4 Å². The van der Waals surface area contributed by atoms with E-state index in [0.29, 0.717) is 0 Å². The largest absolute Gasteiger partial charge is 0.445 e. The van der Waals surface area contributed by atoms with E-state index in [9.17, 15) is 14.5 Å². The molecular formula is C12H17N2O4PS. The summed E-state index contributed by atoms with van der Waals surface area (Å²) in [6.45, 7) is 1.42. The normalized spacial score (nSPS) is 13.1. The number of ether oxygens (including phenoxy) is 1. The van der Waals surface area contributed by atoms with E-state index in [1.54, 1.807) is 0 Å². The Labute approximate surface area is 122 Å². The van der Waals surface area contributed by atoms with Gasteiger partial charge in [0.15, 0.2) is 0 Å². The minimum Gasteiger partial charge on any atom is -0.445 e. The molecule has 8 heteroatoms. The maximum Gasteiger partial charge on any atom is 0.407 e. The summed E-state index contributed by atoms with van der Waals surface area (Å²) in [6, 6.07) is 9.21. The first-order valence-electron chi connectivity index (χ1n) is 5.87. The molecular weight excluding hydrogens is 299 g/mol. The third-order valence-corrected chi connectivity index (χ3v) is 3.31. The number of benzene rings is 1. The number of rotatable bonds is 6. The molecule has 0 heterocycles. The fourth-order valence-electron chi connectivity index (χ4n) is 1.22. The van der Waals surface area contributed by atoms with Crippen molar-refractivity contribution in [3.63, 3.8) is 0 Å². The lowest BCUT2D eigenvalue weighted by Gasteiger charge is -2.11. The van der Waals surface area contributed by atoms with Crippen molar-refractivity contribution in [3.8, 4) is 0 Å². The molecule has 0 radical (unpaired) electrons. The zero-order valence-corrected chi connectivity index (χ0v) is 12.7. The molecule has 1 aromatic rings. The zero-order chi connectivity index (χ0) is 15.0. The highest BCUT2D eigenvalue weighted by Gasteiger charge is 2.09. The Morgan fingerprint density at radius 1 is 1.30 bits per heavy atom. The number of nitrogens with one attached hydrogen (secondary N) is 2. The van der Waals surface area contributed by atoms with Crippen molar-refractivity contribution in [1.29, 1.82) is 0 Å². The van der Waals surface area contributed by atoms with Crippen LogP contribution in [0.3, 0.4) is 0 Å². The second-order valence-electron chi connectivity index (χ2n) is 4.22. The lowest BCUT2D eigenvalue weighted by molar-refractivity contribution is -0.119. The second kappa shape index (κ2) is 7.99. The van der Waals surface area contributed by atoms with Crippen molar-refractivity contribution in [1.82, 2.24) is 10.6 Å². The molecule has 0 aliphatic rings. The van der Waals surface area contributed by atoms with Gasteiger partial charge in [-0.05, 0) is 12.2 Å². The van der Waals surface area contributed by atoms with Crippen LogP contribution < -0.4 is 10.6 Å². The molecule has 0 bridgehead atoms. The van der Waals surface area contributed by atoms with Gasteiger partial charge in [0.05, 0.1) is 12.6 Å². The molecule has 3 N–H and O–H groups in total. The predicted molar refractivity (Wildman–Crippen MR) is 80.1 cm³/mol. The Balaban J connectivity index is 2.20. The van der Waals surface area contributed by atoms with Crippen LogP contribution in [0.2, 0.25) is 0 Å². The lowest BCUT2D eigenvalue weighted by Crippen LogP contribution is -2.37. The molecule has 1 aromatic carbocycles. The molecule has 0 saturated heterocycles. The Bertz CT molecular complexity index is 503. The number of carbonyl (C=O) groups excluding carboxylic acids is 2. The molecule has 1 rings (SSSR count). The maximum atomic E-state index is 11.3. The minimum atomic E-state index is -2.46. The summed E-state index contributed by atoms with van der Waals surface area (Å²) in [5.74, 6) is -0.424. The van der Waals surface area contributed by atoms with Crippen LogP contribution in [0.25, 0.3) is 0 Å². The van der Waals surface area contributed by atoms with Gasteiger partial charge in [-0.1, -0.05) is 42.1 Å². The van der Waals surface area contributed by atoms with Gasteiger partial charge < -0.3 is 20.3 Å². The fourth-order valence-corrected chi connectivity index (χ4v) is 1.89. The topological polar surface area (TPSA) is 87.7 Å². The molecule has 0 spiro atoms. The molecule has 6 nitrogen and oxygen atoms in total. The van der Waals surface area contributed by atoms with Gasteiger partial charge in [0.25, 0.3) is 0 Å². The van der Waals surface area contributed by atoms with Crippen LogP contribution in [-0.4, -0.2) is 36.4 Å². The van der Waals surface area contributed by atoms with Gasteiger partial charge in [-0.2, -0.15) is 0 Å². The molecule has 0 fully saturated rings. The number of alkyl carbamates (subject to hydrolysis) is 1. The maximum absolute atomic E-state index is 11.3. The summed E-state index contributed by atoms with van der Waals surface area (Å²) in [4.78, 5) is 32.0. The number of carbonyl (C=O) groups is 2. The highest BCUT2D eigenvalue weighted by molar-refractivity contribution is 8.11. The summed E-state index contributed by atoms with van der Waals surface area (Å²) >= 11 is 4.77. The standard InChI is InChI=1S/C12H17N2O4PS/c1-19(17,20)9-14-11(15)7-13-12(16)18-8-10-5-3-2-4-6-10/h2-6H,7-9H2,1H3,(H,13,16)(H,14,15)(H,17,20). The monoisotopic (exact) mass is 316 g/mol. The van der Waals surface area contributed by atoms with E-state index in [1.807, 2.05) is 30.3 Å². The fraction of sp³-hybridized carbons (Fsp3) is 0.333. The van der Waals surface area contributed by atoms with Gasteiger partial charge >= 0.3 is 6.09 Å². The van der Waals surface area contributed by atoms with E-state index < -0.39 is 18.3 Å². The van der Waals surface area contributed by atoms with Crippen LogP contribution in [0.4, 0.5) is 4.79 Å². The molecule has 0 aromatic heterocycles. The highest BCUT2D eigenvalue weighted by atomic mass is 32.4. The molecule has 20 heavy (non-hydrogen) atoms. The summed E-state index contributed by atoms with van der Waals surface area (Å²) in [6.07, 6.45) is -3.10. The van der Waals surface area contributed by atoms with Crippen molar-refractivity contribution in [2.75, 3.05) is 19.5 Å². The van der Waals surface area contributed by atoms with Gasteiger partial charge in [-0.15, -0.1) is 0 Å². The van der Waals surface area contributed by atoms with Crippen molar-refractivity contribution in [2.45, 2.75) is 6.61 Å². The van der Waals surface area contributed by atoms with Crippen molar-refractivity contribution in [2.24, 2.45) is 0 Å². The van der Waals surface area contributed by atoms with E-state index in [1.165, 1.54) is 6.66 Å². The average Bonchev–Trinajstić information content (AvgIpc) is 2.41. The third-order valence-electron chi connectivity index (χ3n) is 2.18. The lowest BCUT2D eigenvalue weighted by atomic mass is 10.2. The average molecular weight is 316 g/mol. The minimum absolute atomic E-state index is 0.0436. The first-order chi connectivity index (χ1) is 9.37. The third kappa shape index (κ3) is 7.89. The Morgan fingerprint density at radius 3 is 2.55 bits per heavy atom. The Morgan fingerprint density at radius 2 is 1.95 bits per heavy atom. The molecule has 2 amide bonds. The first-order valence-corrected chi connectivity index (χ1v) is 9.26. The van der Waals surface area contributed by atoms with E-state index >= 15 is 0 Å². The molecule has 0 aliphatic heterocycles. The summed E-state index contributed by atoms with van der Waals surface area (Å²) in [5, 5.41) is 4.75. The van der Waals surface area contributed by atoms with E-state index in [0.717, 1.165) is 5.56 Å². The van der Waals surface area contributed by atoms with Gasteiger partial charge in [0, 0.05) is 0 Å². The van der Waals surface area contributed by atoms with Crippen molar-refractivity contribution in [3.05, 3.63) is 35.9 Å². The van der Waals surface area contributed by atoms with Crippen LogP contribution in [0.1, 0.15) is 5.56 Å². The summed E-state index contributed by atoms with van der Waals surface area (Å²) in [5.41, 5.74) is 0.860. The molecule has 0 aliphatic carbocycles. The quantitative estimate of drug-likeness (QED) is 0.682. The Kier molecular flexibility index (Phi) is 6.64. The van der Waals surface area contributed by atoms with Gasteiger partial charge in [0.2, 0.25) is 5.91 Å². The van der Waals surface area contributed by atoms with Crippen molar-refractivity contribution < 1.29 is 19.2 Å². The highest BCUT2D eigenvalue weighted by Crippen LogP contribution is 2.33. The SMILES string of the molecule is CP(O)(=S)CNC(=O)CNC(=O)OCc1ccccc1. The van der Waals surface area contributed by atoms with Crippen LogP contribution in [0, 0.1) is 0 Å². The number of hydrogen-bond acceptors (Lipinski definition) is 4. The molecule has 1 unspecified atom stereocenters. The van der Waals surface area contributed by atoms with Gasteiger partial charge in [-0.3, -0.25) is 4.79 Å². The number of amides is 2. The summed E-state index contributed by atoms with van der Waals surface area (Å²) in [7, 11) is 0.